The molecule has 2 aliphatic rings. The Kier molecular flexibility index (Phi) is 4.02. The molecule has 2 aliphatic heterocycles. The fraction of sp³-hybridized carbons (Fsp3) is 0.524. The summed E-state index contributed by atoms with van der Waals surface area (Å²) in [5, 5.41) is 0. The highest BCUT2D eigenvalue weighted by Crippen LogP contribution is 2.69. The summed E-state index contributed by atoms with van der Waals surface area (Å²) in [7, 11) is 1.54. The second-order valence-corrected chi connectivity index (χ2v) is 9.08. The van der Waals surface area contributed by atoms with E-state index in [1.54, 1.807) is 24.5 Å². The molecule has 7 heteroatoms. The highest BCUT2D eigenvalue weighted by molar-refractivity contribution is 5.98. The van der Waals surface area contributed by atoms with E-state index in [0.29, 0.717) is 17.9 Å². The normalized spacial score (nSPS) is 28.5. The van der Waals surface area contributed by atoms with E-state index < -0.39 is 11.4 Å². The number of benzene rings is 1. The quantitative estimate of drug-likeness (QED) is 0.752. The van der Waals surface area contributed by atoms with Crippen molar-refractivity contribution < 1.29 is 24.0 Å². The Bertz CT molecular complexity index is 915. The Hall–Kier alpha value is -2.22. The number of hydrogen-bond acceptors (Lipinski definition) is 6. The molecular formula is C21H26N2O5. The molecule has 2 atom stereocenters. The van der Waals surface area contributed by atoms with E-state index in [1.807, 2.05) is 6.07 Å². The molecule has 2 unspecified atom stereocenters. The Labute approximate surface area is 164 Å². The Morgan fingerprint density at radius 2 is 2.00 bits per heavy atom. The van der Waals surface area contributed by atoms with E-state index in [1.165, 1.54) is 18.0 Å². The van der Waals surface area contributed by atoms with Crippen LogP contribution in [0.1, 0.15) is 50.5 Å². The molecular weight excluding hydrogens is 360 g/mol. The molecule has 2 saturated heterocycles. The van der Waals surface area contributed by atoms with E-state index in [-0.39, 0.29) is 16.7 Å². The summed E-state index contributed by atoms with van der Waals surface area (Å²) in [6.45, 7) is 11.1. The number of carbonyl (C=O) groups excluding carboxylic acids is 1. The van der Waals surface area contributed by atoms with Crippen LogP contribution >= 0.6 is 0 Å². The molecule has 28 heavy (non-hydrogen) atoms. The van der Waals surface area contributed by atoms with Crippen LogP contribution in [0.2, 0.25) is 0 Å². The van der Waals surface area contributed by atoms with Gasteiger partial charge >= 0.3 is 0 Å². The first-order chi connectivity index (χ1) is 13.1. The van der Waals surface area contributed by atoms with E-state index in [2.05, 4.69) is 39.6 Å². The zero-order chi connectivity index (χ0) is 20.4. The number of hydrogen-bond donors (Lipinski definition) is 0. The van der Waals surface area contributed by atoms with Crippen LogP contribution in [-0.2, 0) is 20.3 Å². The predicted octanol–water partition coefficient (Wildman–Crippen LogP) is 3.54. The number of fused-ring (bicyclic) bond motifs is 1. The first kappa shape index (κ1) is 19.1. The van der Waals surface area contributed by atoms with Crippen LogP contribution in [0.4, 0.5) is 0 Å². The number of imidazole rings is 1. The van der Waals surface area contributed by atoms with Crippen molar-refractivity contribution >= 4 is 5.91 Å². The summed E-state index contributed by atoms with van der Waals surface area (Å²) >= 11 is 0. The summed E-state index contributed by atoms with van der Waals surface area (Å²) in [5.41, 5.74) is -0.0301. The van der Waals surface area contributed by atoms with Crippen molar-refractivity contribution in [3.05, 3.63) is 48.0 Å². The van der Waals surface area contributed by atoms with E-state index in [4.69, 9.17) is 19.2 Å². The lowest BCUT2D eigenvalue weighted by atomic mass is 9.57. The van der Waals surface area contributed by atoms with E-state index in [9.17, 15) is 4.79 Å². The first-order valence-corrected chi connectivity index (χ1v) is 9.32. The third kappa shape index (κ3) is 2.21. The number of aromatic nitrogens is 2. The second kappa shape index (κ2) is 5.89. The van der Waals surface area contributed by atoms with Crippen molar-refractivity contribution in [2.45, 2.75) is 46.0 Å². The van der Waals surface area contributed by atoms with Crippen LogP contribution in [0, 0.1) is 10.8 Å². The molecule has 0 bridgehead atoms. The third-order valence-corrected chi connectivity index (χ3v) is 5.94. The van der Waals surface area contributed by atoms with Gasteiger partial charge in [0.1, 0.15) is 12.1 Å². The van der Waals surface area contributed by atoms with Crippen molar-refractivity contribution in [1.82, 2.24) is 9.55 Å². The Morgan fingerprint density at radius 3 is 2.54 bits per heavy atom. The second-order valence-electron chi connectivity index (χ2n) is 9.08. The monoisotopic (exact) mass is 386 g/mol. The van der Waals surface area contributed by atoms with Gasteiger partial charge in [-0.25, -0.2) is 9.87 Å². The van der Waals surface area contributed by atoms with Crippen LogP contribution in [-0.4, -0.2) is 34.8 Å². The van der Waals surface area contributed by atoms with Crippen LogP contribution in [0.15, 0.2) is 36.9 Å². The zero-order valence-corrected chi connectivity index (χ0v) is 17.1. The van der Waals surface area contributed by atoms with Gasteiger partial charge in [-0.1, -0.05) is 40.7 Å². The van der Waals surface area contributed by atoms with Gasteiger partial charge in [0.25, 0.3) is 11.7 Å². The Morgan fingerprint density at radius 1 is 1.25 bits per heavy atom. The summed E-state index contributed by atoms with van der Waals surface area (Å²) in [5.74, 6) is -0.838. The van der Waals surface area contributed by atoms with Crippen LogP contribution in [0.25, 0.3) is 0 Å². The SMILES string of the molecule is COc1cc(C23OCC(C)(C)C2(C(C)(C)C)OO3)ccc1C(=O)n1ccnc1. The highest BCUT2D eigenvalue weighted by atomic mass is 17.3. The van der Waals surface area contributed by atoms with Crippen molar-refractivity contribution in [3.8, 4) is 5.75 Å². The number of ether oxygens (including phenoxy) is 2. The molecule has 0 N–H and O–H groups in total. The van der Waals surface area contributed by atoms with Crippen molar-refractivity contribution in [2.75, 3.05) is 13.7 Å². The van der Waals surface area contributed by atoms with Crippen molar-refractivity contribution in [1.29, 1.82) is 0 Å². The summed E-state index contributed by atoms with van der Waals surface area (Å²) in [6.07, 6.45) is 4.62. The standard InChI is InChI=1S/C21H26N2O5/c1-18(2,3)21-19(4,5)12-26-20(21,27-28-21)14-7-8-15(16(11-14)25-6)17(24)23-10-9-22-13-23/h7-11,13H,12H2,1-6H3. The molecule has 0 aliphatic carbocycles. The largest absolute Gasteiger partial charge is 0.496 e. The van der Waals surface area contributed by atoms with E-state index >= 15 is 0 Å². The fourth-order valence-electron chi connectivity index (χ4n) is 4.83. The van der Waals surface area contributed by atoms with Gasteiger partial charge in [-0.3, -0.25) is 9.36 Å². The molecule has 1 aromatic carbocycles. The molecule has 4 rings (SSSR count). The summed E-state index contributed by atoms with van der Waals surface area (Å²) in [4.78, 5) is 28.2. The first-order valence-electron chi connectivity index (χ1n) is 9.32. The van der Waals surface area contributed by atoms with Crippen LogP contribution in [0.3, 0.4) is 0 Å². The molecule has 3 heterocycles. The maximum Gasteiger partial charge on any atom is 0.266 e. The van der Waals surface area contributed by atoms with Gasteiger partial charge in [-0.2, -0.15) is 4.89 Å². The molecule has 7 nitrogen and oxygen atoms in total. The number of methoxy groups -OCH3 is 1. The zero-order valence-electron chi connectivity index (χ0n) is 17.1. The molecule has 1 aromatic heterocycles. The topological polar surface area (TPSA) is 71.8 Å². The van der Waals surface area contributed by atoms with E-state index in [0.717, 1.165) is 5.56 Å². The van der Waals surface area contributed by atoms with Gasteiger partial charge in [0, 0.05) is 28.8 Å². The number of carbonyl (C=O) groups is 1. The van der Waals surface area contributed by atoms with Crippen LogP contribution < -0.4 is 4.74 Å². The number of nitrogens with zero attached hydrogens (tertiary/aromatic N) is 2. The average molecular weight is 386 g/mol. The molecule has 150 valence electrons. The van der Waals surface area contributed by atoms with Crippen molar-refractivity contribution in [3.63, 3.8) is 0 Å². The molecule has 0 radical (unpaired) electrons. The molecule has 0 amide bonds. The lowest BCUT2D eigenvalue weighted by Gasteiger charge is -2.61. The lowest BCUT2D eigenvalue weighted by Crippen LogP contribution is -2.73. The maximum absolute atomic E-state index is 12.8. The smallest absolute Gasteiger partial charge is 0.266 e. The fourth-order valence-corrected chi connectivity index (χ4v) is 4.83. The summed E-state index contributed by atoms with van der Waals surface area (Å²) < 4.78 is 13.2. The van der Waals surface area contributed by atoms with Gasteiger partial charge in [-0.05, 0) is 12.1 Å². The number of rotatable bonds is 3. The molecule has 2 aromatic rings. The molecule has 0 spiro atoms. The van der Waals surface area contributed by atoms with Gasteiger partial charge in [0.15, 0.2) is 5.60 Å². The maximum atomic E-state index is 12.8. The lowest BCUT2D eigenvalue weighted by molar-refractivity contribution is -0.626. The minimum atomic E-state index is -1.06. The molecule has 0 saturated carbocycles. The van der Waals surface area contributed by atoms with Gasteiger partial charge in [-0.15, -0.1) is 0 Å². The van der Waals surface area contributed by atoms with Gasteiger partial charge in [0.2, 0.25) is 0 Å². The van der Waals surface area contributed by atoms with Gasteiger partial charge in [0.05, 0.1) is 19.3 Å². The summed E-state index contributed by atoms with van der Waals surface area (Å²) in [6, 6.07) is 5.38. The van der Waals surface area contributed by atoms with Crippen LogP contribution in [0.5, 0.6) is 5.75 Å². The van der Waals surface area contributed by atoms with Crippen molar-refractivity contribution in [2.24, 2.45) is 10.8 Å². The minimum absolute atomic E-state index is 0.223. The highest BCUT2D eigenvalue weighted by Gasteiger charge is 2.81. The van der Waals surface area contributed by atoms with Gasteiger partial charge < -0.3 is 9.47 Å². The molecule has 2 fully saturated rings. The third-order valence-electron chi connectivity index (χ3n) is 5.94. The Balaban J connectivity index is 1.81. The minimum Gasteiger partial charge on any atom is -0.496 e. The average Bonchev–Trinajstić information content (AvgIpc) is 3.18. The predicted molar refractivity (Wildman–Crippen MR) is 101 cm³/mol.